The van der Waals surface area contributed by atoms with Gasteiger partial charge < -0.3 is 10.1 Å². The fourth-order valence-corrected chi connectivity index (χ4v) is 3.76. The van der Waals surface area contributed by atoms with E-state index in [0.29, 0.717) is 16.5 Å². The topological polar surface area (TPSA) is 88.1 Å². The summed E-state index contributed by atoms with van der Waals surface area (Å²) in [5.41, 5.74) is 0.852. The summed E-state index contributed by atoms with van der Waals surface area (Å²) in [6.45, 7) is 1.27. The van der Waals surface area contributed by atoms with Gasteiger partial charge in [0.05, 0.1) is 11.4 Å². The third kappa shape index (κ3) is 5.20. The van der Waals surface area contributed by atoms with Gasteiger partial charge in [0.2, 0.25) is 11.8 Å². The van der Waals surface area contributed by atoms with Gasteiger partial charge in [-0.25, -0.2) is 9.38 Å². The van der Waals surface area contributed by atoms with E-state index in [1.807, 2.05) is 0 Å². The van der Waals surface area contributed by atoms with Crippen LogP contribution in [0.1, 0.15) is 13.3 Å². The Morgan fingerprint density at radius 1 is 1.21 bits per heavy atom. The summed E-state index contributed by atoms with van der Waals surface area (Å²) in [7, 11) is 1.57. The maximum absolute atomic E-state index is 13.0. The quantitative estimate of drug-likeness (QED) is 0.598. The van der Waals surface area contributed by atoms with Crippen LogP contribution in [0.2, 0.25) is 0 Å². The van der Waals surface area contributed by atoms with E-state index >= 15 is 0 Å². The molecule has 0 aliphatic carbocycles. The van der Waals surface area contributed by atoms with Crippen LogP contribution in [0.25, 0.3) is 0 Å². The second-order valence-electron chi connectivity index (χ2n) is 6.22. The van der Waals surface area contributed by atoms with E-state index in [0.717, 1.165) is 0 Å². The molecular weight excluding hydrogens is 397 g/mol. The Bertz CT molecular complexity index is 978. The van der Waals surface area contributed by atoms with Crippen LogP contribution >= 0.6 is 11.8 Å². The second kappa shape index (κ2) is 8.87. The van der Waals surface area contributed by atoms with Crippen molar-refractivity contribution in [3.63, 3.8) is 0 Å². The highest BCUT2D eigenvalue weighted by Crippen LogP contribution is 2.31. The number of nitrogens with one attached hydrogen (secondary N) is 1. The predicted molar refractivity (Wildman–Crippen MR) is 109 cm³/mol. The van der Waals surface area contributed by atoms with Crippen molar-refractivity contribution in [1.82, 2.24) is 4.90 Å². The van der Waals surface area contributed by atoms with Crippen molar-refractivity contribution >= 4 is 46.1 Å². The predicted octanol–water partition coefficient (Wildman–Crippen LogP) is 3.34. The molecule has 2 aromatic rings. The number of aliphatic imine (C=N–C) groups is 1. The van der Waals surface area contributed by atoms with Gasteiger partial charge in [-0.3, -0.25) is 19.3 Å². The highest BCUT2D eigenvalue weighted by atomic mass is 32.2. The van der Waals surface area contributed by atoms with Gasteiger partial charge in [0, 0.05) is 20.4 Å². The number of carbonyl (C=O) groups excluding carboxylic acids is 3. The lowest BCUT2D eigenvalue weighted by atomic mass is 10.2. The van der Waals surface area contributed by atoms with Gasteiger partial charge >= 0.3 is 5.97 Å². The van der Waals surface area contributed by atoms with Crippen LogP contribution in [0.5, 0.6) is 5.75 Å². The summed E-state index contributed by atoms with van der Waals surface area (Å²) in [4.78, 5) is 41.8. The Morgan fingerprint density at radius 2 is 1.90 bits per heavy atom. The van der Waals surface area contributed by atoms with Crippen LogP contribution in [0.4, 0.5) is 15.8 Å². The first-order valence-electron chi connectivity index (χ1n) is 8.69. The van der Waals surface area contributed by atoms with Crippen molar-refractivity contribution < 1.29 is 23.5 Å². The molecule has 1 unspecified atom stereocenters. The minimum atomic E-state index is -0.639. The molecule has 0 bridgehead atoms. The van der Waals surface area contributed by atoms with Crippen molar-refractivity contribution in [2.75, 3.05) is 12.4 Å². The Labute approximate surface area is 170 Å². The number of hydrogen-bond donors (Lipinski definition) is 1. The molecule has 2 amide bonds. The lowest BCUT2D eigenvalue weighted by molar-refractivity contribution is -0.132. The molecule has 1 N–H and O–H groups in total. The number of carbonyl (C=O) groups is 3. The van der Waals surface area contributed by atoms with Crippen molar-refractivity contribution in [3.05, 3.63) is 54.3 Å². The van der Waals surface area contributed by atoms with E-state index in [1.54, 1.807) is 31.3 Å². The fraction of sp³-hybridized carbons (Fsp3) is 0.200. The van der Waals surface area contributed by atoms with Crippen molar-refractivity contribution in [3.8, 4) is 5.75 Å². The molecule has 1 saturated heterocycles. The first-order chi connectivity index (χ1) is 13.8. The van der Waals surface area contributed by atoms with Gasteiger partial charge in [0.15, 0.2) is 10.9 Å². The number of esters is 1. The Morgan fingerprint density at radius 3 is 2.59 bits per heavy atom. The standard InChI is InChI=1S/C20H18FN3O4S/c1-12(25)28-16-6-4-3-5-15(16)23-18(26)11-17-19(27)24(2)20(29-17)22-14-9-7-13(21)8-10-14/h3-10,17H,11H2,1-2H3,(H,23,26). The molecule has 1 heterocycles. The molecule has 2 aromatic carbocycles. The molecule has 3 rings (SSSR count). The number of para-hydroxylation sites is 2. The van der Waals surface area contributed by atoms with Gasteiger partial charge in [-0.2, -0.15) is 0 Å². The van der Waals surface area contributed by atoms with Crippen LogP contribution in [0, 0.1) is 5.82 Å². The zero-order valence-corrected chi connectivity index (χ0v) is 16.5. The monoisotopic (exact) mass is 415 g/mol. The average Bonchev–Trinajstić information content (AvgIpc) is 2.92. The minimum Gasteiger partial charge on any atom is -0.424 e. The van der Waals surface area contributed by atoms with Gasteiger partial charge in [-0.1, -0.05) is 23.9 Å². The van der Waals surface area contributed by atoms with Crippen LogP contribution in [-0.2, 0) is 14.4 Å². The number of amides is 2. The zero-order valence-electron chi connectivity index (χ0n) is 15.7. The molecule has 9 heteroatoms. The second-order valence-corrected chi connectivity index (χ2v) is 7.39. The molecule has 0 radical (unpaired) electrons. The SMILES string of the molecule is CC(=O)Oc1ccccc1NC(=O)CC1SC(=Nc2ccc(F)cc2)N(C)C1=O. The molecule has 150 valence electrons. The van der Waals surface area contributed by atoms with Crippen LogP contribution < -0.4 is 10.1 Å². The molecule has 0 saturated carbocycles. The van der Waals surface area contributed by atoms with Crippen LogP contribution in [0.15, 0.2) is 53.5 Å². The third-order valence-corrected chi connectivity index (χ3v) is 5.21. The maximum Gasteiger partial charge on any atom is 0.308 e. The lowest BCUT2D eigenvalue weighted by Crippen LogP contribution is -2.30. The number of halogens is 1. The Hall–Kier alpha value is -3.20. The summed E-state index contributed by atoms with van der Waals surface area (Å²) in [6, 6.07) is 12.1. The molecule has 0 aromatic heterocycles. The first-order valence-corrected chi connectivity index (χ1v) is 9.57. The molecule has 29 heavy (non-hydrogen) atoms. The fourth-order valence-electron chi connectivity index (χ4n) is 2.61. The number of amidine groups is 1. The molecule has 1 fully saturated rings. The van der Waals surface area contributed by atoms with Crippen molar-refractivity contribution in [2.45, 2.75) is 18.6 Å². The molecule has 1 aliphatic rings. The highest BCUT2D eigenvalue weighted by Gasteiger charge is 2.37. The van der Waals surface area contributed by atoms with Crippen LogP contribution in [0.3, 0.4) is 0 Å². The summed E-state index contributed by atoms with van der Waals surface area (Å²) < 4.78 is 18.1. The molecule has 7 nitrogen and oxygen atoms in total. The van der Waals surface area contributed by atoms with Gasteiger partial charge in [0.1, 0.15) is 11.1 Å². The average molecular weight is 415 g/mol. The third-order valence-electron chi connectivity index (χ3n) is 3.98. The van der Waals surface area contributed by atoms with Crippen LogP contribution in [-0.4, -0.2) is 40.1 Å². The number of anilines is 1. The summed E-state index contributed by atoms with van der Waals surface area (Å²) >= 11 is 1.17. The Balaban J connectivity index is 1.67. The first kappa shape index (κ1) is 20.5. The molecular formula is C20H18FN3O4S. The Kier molecular flexibility index (Phi) is 6.28. The molecule has 1 aliphatic heterocycles. The number of benzene rings is 2. The van der Waals surface area contributed by atoms with Gasteiger partial charge in [-0.05, 0) is 36.4 Å². The molecule has 0 spiro atoms. The number of nitrogens with zero attached hydrogens (tertiary/aromatic N) is 2. The number of ether oxygens (including phenoxy) is 1. The van der Waals surface area contributed by atoms with Crippen molar-refractivity contribution in [1.29, 1.82) is 0 Å². The number of hydrogen-bond acceptors (Lipinski definition) is 6. The normalized spacial score (nSPS) is 17.5. The smallest absolute Gasteiger partial charge is 0.308 e. The maximum atomic E-state index is 13.0. The lowest BCUT2D eigenvalue weighted by Gasteiger charge is -2.11. The van der Waals surface area contributed by atoms with E-state index in [9.17, 15) is 18.8 Å². The largest absolute Gasteiger partial charge is 0.424 e. The summed E-state index contributed by atoms with van der Waals surface area (Å²) in [5.74, 6) is -1.29. The number of thioether (sulfide) groups is 1. The van der Waals surface area contributed by atoms with E-state index in [-0.39, 0.29) is 23.9 Å². The van der Waals surface area contributed by atoms with Gasteiger partial charge in [-0.15, -0.1) is 0 Å². The zero-order chi connectivity index (χ0) is 21.0. The summed E-state index contributed by atoms with van der Waals surface area (Å²) in [5, 5.41) is 2.46. The number of rotatable bonds is 5. The highest BCUT2D eigenvalue weighted by molar-refractivity contribution is 8.15. The van der Waals surface area contributed by atoms with E-state index in [1.165, 1.54) is 47.9 Å². The van der Waals surface area contributed by atoms with Crippen molar-refractivity contribution in [2.24, 2.45) is 4.99 Å². The van der Waals surface area contributed by atoms with E-state index in [2.05, 4.69) is 10.3 Å². The van der Waals surface area contributed by atoms with Gasteiger partial charge in [0.25, 0.3) is 0 Å². The van der Waals surface area contributed by atoms with E-state index in [4.69, 9.17) is 4.74 Å². The molecule has 1 atom stereocenters. The van der Waals surface area contributed by atoms with E-state index < -0.39 is 17.1 Å². The minimum absolute atomic E-state index is 0.0787. The summed E-state index contributed by atoms with van der Waals surface area (Å²) in [6.07, 6.45) is -0.0787.